The molecule has 0 fully saturated rings. The van der Waals surface area contributed by atoms with Gasteiger partial charge in [0.25, 0.3) is 0 Å². The normalized spacial score (nSPS) is 12.1. The molecule has 3 aromatic rings. The molecule has 2 N–H and O–H groups in total. The molecule has 2 aromatic carbocycles. The highest BCUT2D eigenvalue weighted by Gasteiger charge is 2.14. The van der Waals surface area contributed by atoms with Crippen molar-refractivity contribution in [3.05, 3.63) is 60.2 Å². The van der Waals surface area contributed by atoms with Crippen molar-refractivity contribution in [1.29, 1.82) is 0 Å². The number of rotatable bonds is 5. The second-order valence-electron chi connectivity index (χ2n) is 5.00. The van der Waals surface area contributed by atoms with E-state index in [1.54, 1.807) is 31.4 Å². The van der Waals surface area contributed by atoms with Crippen LogP contribution < -0.4 is 10.1 Å². The first-order chi connectivity index (χ1) is 11.2. The number of para-hydroxylation sites is 2. The van der Waals surface area contributed by atoms with E-state index in [4.69, 9.17) is 4.74 Å². The summed E-state index contributed by atoms with van der Waals surface area (Å²) in [4.78, 5) is 8.07. The quantitative estimate of drug-likeness (QED) is 0.758. The molecular weight excluding hydrogens is 297 g/mol. The molecule has 1 atom stereocenters. The van der Waals surface area contributed by atoms with Gasteiger partial charge in [0.05, 0.1) is 13.2 Å². The summed E-state index contributed by atoms with van der Waals surface area (Å²) in [6.07, 6.45) is 0.508. The monoisotopic (exact) mass is 313 g/mol. The Kier molecular flexibility index (Phi) is 4.34. The first-order valence-corrected chi connectivity index (χ1v) is 7.15. The van der Waals surface area contributed by atoms with Gasteiger partial charge in [0.15, 0.2) is 0 Å². The van der Waals surface area contributed by atoms with Crippen LogP contribution in [-0.4, -0.2) is 28.7 Å². The summed E-state index contributed by atoms with van der Waals surface area (Å²) in [5.74, 6) is 0.682. The zero-order chi connectivity index (χ0) is 16.2. The van der Waals surface area contributed by atoms with E-state index in [9.17, 15) is 9.50 Å². The molecular formula is C17H16FN3O2. The van der Waals surface area contributed by atoms with Crippen LogP contribution in [0.1, 0.15) is 11.7 Å². The minimum absolute atomic E-state index is 0.211. The number of aromatic nitrogens is 2. The minimum Gasteiger partial charge on any atom is -0.496 e. The number of aliphatic hydroxyl groups is 1. The SMILES string of the molecule is COc1ccccc1C(O)CNc1ncnc2c(F)cccc12. The highest BCUT2D eigenvalue weighted by molar-refractivity contribution is 5.89. The van der Waals surface area contributed by atoms with Crippen molar-refractivity contribution < 1.29 is 14.2 Å². The molecule has 0 aliphatic rings. The van der Waals surface area contributed by atoms with Gasteiger partial charge in [0.1, 0.15) is 29.2 Å². The molecule has 23 heavy (non-hydrogen) atoms. The Hall–Kier alpha value is -2.73. The van der Waals surface area contributed by atoms with Crippen LogP contribution in [0.5, 0.6) is 5.75 Å². The number of aliphatic hydroxyl groups excluding tert-OH is 1. The van der Waals surface area contributed by atoms with Crippen molar-refractivity contribution in [3.8, 4) is 5.75 Å². The Morgan fingerprint density at radius 1 is 1.17 bits per heavy atom. The number of nitrogens with zero attached hydrogens (tertiary/aromatic N) is 2. The van der Waals surface area contributed by atoms with Gasteiger partial charge in [-0.25, -0.2) is 14.4 Å². The lowest BCUT2D eigenvalue weighted by Crippen LogP contribution is -2.14. The van der Waals surface area contributed by atoms with E-state index in [0.717, 1.165) is 0 Å². The minimum atomic E-state index is -0.787. The molecule has 0 aliphatic heterocycles. The number of ether oxygens (including phenoxy) is 1. The van der Waals surface area contributed by atoms with E-state index in [-0.39, 0.29) is 12.1 Å². The maximum Gasteiger partial charge on any atom is 0.149 e. The molecule has 0 bridgehead atoms. The lowest BCUT2D eigenvalue weighted by Gasteiger charge is -2.16. The van der Waals surface area contributed by atoms with E-state index < -0.39 is 11.9 Å². The summed E-state index contributed by atoms with van der Waals surface area (Å²) in [5.41, 5.74) is 0.920. The third-order valence-electron chi connectivity index (χ3n) is 3.58. The Balaban J connectivity index is 1.82. The number of methoxy groups -OCH3 is 1. The van der Waals surface area contributed by atoms with Crippen LogP contribution in [0.25, 0.3) is 10.9 Å². The third kappa shape index (κ3) is 3.07. The maximum atomic E-state index is 13.7. The molecule has 0 saturated carbocycles. The van der Waals surface area contributed by atoms with E-state index in [2.05, 4.69) is 15.3 Å². The Labute approximate surface area is 132 Å². The molecule has 1 unspecified atom stereocenters. The number of benzene rings is 2. The smallest absolute Gasteiger partial charge is 0.149 e. The lowest BCUT2D eigenvalue weighted by atomic mass is 10.1. The fourth-order valence-corrected chi connectivity index (χ4v) is 2.44. The molecule has 6 heteroatoms. The van der Waals surface area contributed by atoms with Crippen LogP contribution in [0.2, 0.25) is 0 Å². The second-order valence-corrected chi connectivity index (χ2v) is 5.00. The van der Waals surface area contributed by atoms with Crippen molar-refractivity contribution in [3.63, 3.8) is 0 Å². The van der Waals surface area contributed by atoms with Crippen LogP contribution in [0, 0.1) is 5.82 Å². The number of hydrogen-bond donors (Lipinski definition) is 2. The summed E-state index contributed by atoms with van der Waals surface area (Å²) in [5, 5.41) is 14.0. The van der Waals surface area contributed by atoms with Crippen molar-refractivity contribution in [2.75, 3.05) is 19.0 Å². The van der Waals surface area contributed by atoms with E-state index in [1.807, 2.05) is 12.1 Å². The van der Waals surface area contributed by atoms with E-state index in [0.29, 0.717) is 22.5 Å². The molecule has 0 radical (unpaired) electrons. The standard InChI is InChI=1S/C17H16FN3O2/c1-23-15-8-3-2-5-11(15)14(22)9-19-17-12-6-4-7-13(18)16(12)20-10-21-17/h2-8,10,14,22H,9H2,1H3,(H,19,20,21). The van der Waals surface area contributed by atoms with E-state index in [1.165, 1.54) is 12.4 Å². The van der Waals surface area contributed by atoms with Crippen molar-refractivity contribution in [2.45, 2.75) is 6.10 Å². The summed E-state index contributed by atoms with van der Waals surface area (Å²) >= 11 is 0. The first kappa shape index (κ1) is 15.2. The third-order valence-corrected chi connectivity index (χ3v) is 3.58. The number of fused-ring (bicyclic) bond motifs is 1. The van der Waals surface area contributed by atoms with Crippen molar-refractivity contribution in [1.82, 2.24) is 9.97 Å². The van der Waals surface area contributed by atoms with Gasteiger partial charge >= 0.3 is 0 Å². The summed E-state index contributed by atoms with van der Waals surface area (Å²) < 4.78 is 19.0. The maximum absolute atomic E-state index is 13.7. The summed E-state index contributed by atoms with van der Waals surface area (Å²) in [6, 6.07) is 11.9. The van der Waals surface area contributed by atoms with Crippen LogP contribution in [-0.2, 0) is 0 Å². The van der Waals surface area contributed by atoms with Crippen LogP contribution >= 0.6 is 0 Å². The molecule has 0 amide bonds. The second kappa shape index (κ2) is 6.58. The predicted molar refractivity (Wildman–Crippen MR) is 85.9 cm³/mol. The van der Waals surface area contributed by atoms with Gasteiger partial charge in [0, 0.05) is 17.5 Å². The number of hydrogen-bond acceptors (Lipinski definition) is 5. The molecule has 1 heterocycles. The van der Waals surface area contributed by atoms with Gasteiger partial charge in [-0.05, 0) is 18.2 Å². The predicted octanol–water partition coefficient (Wildman–Crippen LogP) is 2.92. The number of nitrogens with one attached hydrogen (secondary N) is 1. The zero-order valence-electron chi connectivity index (χ0n) is 12.5. The van der Waals surface area contributed by atoms with Crippen molar-refractivity contribution in [2.24, 2.45) is 0 Å². The largest absolute Gasteiger partial charge is 0.496 e. The van der Waals surface area contributed by atoms with Gasteiger partial charge in [-0.1, -0.05) is 24.3 Å². The fraction of sp³-hybridized carbons (Fsp3) is 0.176. The average Bonchev–Trinajstić information content (AvgIpc) is 2.60. The Morgan fingerprint density at radius 2 is 2.00 bits per heavy atom. The van der Waals surface area contributed by atoms with Crippen LogP contribution in [0.4, 0.5) is 10.2 Å². The highest BCUT2D eigenvalue weighted by atomic mass is 19.1. The molecule has 0 saturated heterocycles. The van der Waals surface area contributed by atoms with Crippen molar-refractivity contribution >= 4 is 16.7 Å². The van der Waals surface area contributed by atoms with Gasteiger partial charge in [-0.15, -0.1) is 0 Å². The Bertz CT molecular complexity index is 826. The van der Waals surface area contributed by atoms with Crippen LogP contribution in [0.3, 0.4) is 0 Å². The summed E-state index contributed by atoms with van der Waals surface area (Å²) in [6.45, 7) is 0.211. The fourth-order valence-electron chi connectivity index (χ4n) is 2.44. The summed E-state index contributed by atoms with van der Waals surface area (Å²) in [7, 11) is 1.56. The Morgan fingerprint density at radius 3 is 2.83 bits per heavy atom. The number of anilines is 1. The van der Waals surface area contributed by atoms with Gasteiger partial charge in [-0.2, -0.15) is 0 Å². The molecule has 1 aromatic heterocycles. The molecule has 0 spiro atoms. The molecule has 3 rings (SSSR count). The topological polar surface area (TPSA) is 67.3 Å². The molecule has 5 nitrogen and oxygen atoms in total. The van der Waals surface area contributed by atoms with Gasteiger partial charge < -0.3 is 15.2 Å². The zero-order valence-corrected chi connectivity index (χ0v) is 12.5. The molecule has 0 aliphatic carbocycles. The van der Waals surface area contributed by atoms with Crippen LogP contribution in [0.15, 0.2) is 48.8 Å². The highest BCUT2D eigenvalue weighted by Crippen LogP contribution is 2.26. The van der Waals surface area contributed by atoms with E-state index >= 15 is 0 Å². The molecule has 118 valence electrons. The average molecular weight is 313 g/mol. The van der Waals surface area contributed by atoms with Gasteiger partial charge in [-0.3, -0.25) is 0 Å². The van der Waals surface area contributed by atoms with Gasteiger partial charge in [0.2, 0.25) is 0 Å². The first-order valence-electron chi connectivity index (χ1n) is 7.15. The lowest BCUT2D eigenvalue weighted by molar-refractivity contribution is 0.187. The number of halogens is 1.